The largest absolute Gasteiger partial charge is 0.494 e. The second-order valence-electron chi connectivity index (χ2n) is 3.47. The summed E-state index contributed by atoms with van der Waals surface area (Å²) in [5.74, 6) is 5.84. The van der Waals surface area contributed by atoms with Crippen molar-refractivity contribution < 1.29 is 9.13 Å². The van der Waals surface area contributed by atoms with Crippen LogP contribution >= 0.6 is 0 Å². The Hall–Kier alpha value is -1.92. The van der Waals surface area contributed by atoms with Gasteiger partial charge < -0.3 is 9.72 Å². The van der Waals surface area contributed by atoms with Crippen LogP contribution in [-0.4, -0.2) is 17.1 Å². The summed E-state index contributed by atoms with van der Waals surface area (Å²) >= 11 is 0. The first kappa shape index (κ1) is 11.6. The lowest BCUT2D eigenvalue weighted by Gasteiger charge is -2.14. The Morgan fingerprint density at radius 1 is 1.53 bits per heavy atom. The van der Waals surface area contributed by atoms with Crippen LogP contribution in [0, 0.1) is 5.82 Å². The van der Waals surface area contributed by atoms with Crippen molar-refractivity contribution in [3.8, 4) is 5.75 Å². The van der Waals surface area contributed by atoms with Crippen LogP contribution in [0.1, 0.15) is 17.4 Å². The zero-order valence-electron chi connectivity index (χ0n) is 9.27. The first-order chi connectivity index (χ1) is 8.26. The number of hydrogen-bond acceptors (Lipinski definition) is 4. The average Bonchev–Trinajstić information content (AvgIpc) is 2.84. The summed E-state index contributed by atoms with van der Waals surface area (Å²) < 4.78 is 18.4. The van der Waals surface area contributed by atoms with Crippen LogP contribution in [0.4, 0.5) is 4.39 Å². The number of hydrazine groups is 1. The van der Waals surface area contributed by atoms with Crippen LogP contribution in [0.5, 0.6) is 5.75 Å². The molecule has 1 aromatic heterocycles. The lowest BCUT2D eigenvalue weighted by Crippen LogP contribution is -2.29. The van der Waals surface area contributed by atoms with Gasteiger partial charge >= 0.3 is 0 Å². The quantitative estimate of drug-likeness (QED) is 0.549. The molecule has 2 aromatic rings. The number of ether oxygens (including phenoxy) is 1. The molecule has 0 radical (unpaired) electrons. The number of methoxy groups -OCH3 is 1. The molecule has 0 fully saturated rings. The molecule has 2 rings (SSSR count). The number of rotatable bonds is 4. The van der Waals surface area contributed by atoms with E-state index < -0.39 is 5.82 Å². The Bertz CT molecular complexity index is 486. The minimum Gasteiger partial charge on any atom is -0.494 e. The maximum atomic E-state index is 13.6. The number of aromatic nitrogens is 2. The lowest BCUT2D eigenvalue weighted by atomic mass is 10.1. The second-order valence-corrected chi connectivity index (χ2v) is 3.47. The molecule has 0 aliphatic rings. The molecular formula is C11H13FN4O. The number of nitrogens with one attached hydrogen (secondary N) is 2. The molecule has 0 spiro atoms. The van der Waals surface area contributed by atoms with Crippen molar-refractivity contribution in [2.24, 2.45) is 5.84 Å². The highest BCUT2D eigenvalue weighted by Gasteiger charge is 2.16. The fourth-order valence-corrected chi connectivity index (χ4v) is 1.63. The highest BCUT2D eigenvalue weighted by molar-refractivity contribution is 5.33. The van der Waals surface area contributed by atoms with E-state index in [2.05, 4.69) is 15.4 Å². The monoisotopic (exact) mass is 236 g/mol. The van der Waals surface area contributed by atoms with Gasteiger partial charge in [0.1, 0.15) is 11.9 Å². The van der Waals surface area contributed by atoms with Crippen molar-refractivity contribution in [2.45, 2.75) is 6.04 Å². The molecule has 4 N–H and O–H groups in total. The number of aromatic amines is 1. The number of halogens is 1. The van der Waals surface area contributed by atoms with E-state index in [1.165, 1.54) is 13.2 Å². The van der Waals surface area contributed by atoms with Gasteiger partial charge in [-0.15, -0.1) is 0 Å². The van der Waals surface area contributed by atoms with Crippen molar-refractivity contribution in [1.82, 2.24) is 15.4 Å². The van der Waals surface area contributed by atoms with Crippen molar-refractivity contribution >= 4 is 0 Å². The highest BCUT2D eigenvalue weighted by atomic mass is 19.1. The number of benzene rings is 1. The predicted octanol–water partition coefficient (Wildman–Crippen LogP) is 1.11. The Morgan fingerprint density at radius 2 is 2.35 bits per heavy atom. The van der Waals surface area contributed by atoms with Gasteiger partial charge in [0, 0.05) is 12.4 Å². The first-order valence-electron chi connectivity index (χ1n) is 5.05. The average molecular weight is 236 g/mol. The smallest absolute Gasteiger partial charge is 0.165 e. The van der Waals surface area contributed by atoms with Gasteiger partial charge in [0.25, 0.3) is 0 Å². The van der Waals surface area contributed by atoms with Gasteiger partial charge in [-0.1, -0.05) is 6.07 Å². The lowest BCUT2D eigenvalue weighted by molar-refractivity contribution is 0.385. The zero-order valence-corrected chi connectivity index (χ0v) is 9.27. The van der Waals surface area contributed by atoms with Gasteiger partial charge in [-0.3, -0.25) is 5.84 Å². The fourth-order valence-electron chi connectivity index (χ4n) is 1.63. The summed E-state index contributed by atoms with van der Waals surface area (Å²) in [5.41, 5.74) is 3.25. The third-order valence-corrected chi connectivity index (χ3v) is 2.47. The summed E-state index contributed by atoms with van der Waals surface area (Å²) in [6.07, 6.45) is 3.29. The molecule has 0 aliphatic heterocycles. The molecule has 1 atom stereocenters. The molecule has 1 heterocycles. The van der Waals surface area contributed by atoms with Crippen molar-refractivity contribution in [3.05, 3.63) is 47.8 Å². The highest BCUT2D eigenvalue weighted by Crippen LogP contribution is 2.24. The van der Waals surface area contributed by atoms with Gasteiger partial charge in [-0.25, -0.2) is 14.8 Å². The fraction of sp³-hybridized carbons (Fsp3) is 0.182. The summed E-state index contributed by atoms with van der Waals surface area (Å²) in [7, 11) is 1.42. The topological polar surface area (TPSA) is 76.0 Å². The van der Waals surface area contributed by atoms with Gasteiger partial charge in [0.2, 0.25) is 0 Å². The SMILES string of the molecule is COc1ccc(C(NN)c2ncc[nH]2)cc1F. The zero-order chi connectivity index (χ0) is 12.3. The summed E-state index contributed by atoms with van der Waals surface area (Å²) in [6.45, 7) is 0. The van der Waals surface area contributed by atoms with E-state index in [0.717, 1.165) is 0 Å². The van der Waals surface area contributed by atoms with Crippen LogP contribution in [0.25, 0.3) is 0 Å². The van der Waals surface area contributed by atoms with Gasteiger partial charge in [0.05, 0.1) is 7.11 Å². The van der Waals surface area contributed by atoms with Crippen LogP contribution in [0.3, 0.4) is 0 Å². The molecule has 0 saturated carbocycles. The Morgan fingerprint density at radius 3 is 2.88 bits per heavy atom. The molecule has 0 saturated heterocycles. The van der Waals surface area contributed by atoms with Crippen molar-refractivity contribution in [1.29, 1.82) is 0 Å². The standard InChI is InChI=1S/C11H13FN4O/c1-17-9-3-2-7(6-8(9)12)10(16-13)11-14-4-5-15-11/h2-6,10,16H,13H2,1H3,(H,14,15). The Balaban J connectivity index is 2.35. The van der Waals surface area contributed by atoms with Crippen LogP contribution in [0.2, 0.25) is 0 Å². The van der Waals surface area contributed by atoms with Crippen LogP contribution in [0.15, 0.2) is 30.6 Å². The summed E-state index contributed by atoms with van der Waals surface area (Å²) in [6, 6.07) is 4.27. The number of nitrogens with two attached hydrogens (primary N) is 1. The van der Waals surface area contributed by atoms with E-state index in [4.69, 9.17) is 10.6 Å². The Kier molecular flexibility index (Phi) is 3.36. The summed E-state index contributed by atoms with van der Waals surface area (Å²) in [5, 5.41) is 0. The van der Waals surface area contributed by atoms with Crippen LogP contribution in [-0.2, 0) is 0 Å². The van der Waals surface area contributed by atoms with E-state index in [1.54, 1.807) is 24.5 Å². The third kappa shape index (κ3) is 2.27. The van der Waals surface area contributed by atoms with E-state index >= 15 is 0 Å². The number of nitrogens with zero attached hydrogens (tertiary/aromatic N) is 1. The third-order valence-electron chi connectivity index (χ3n) is 2.47. The van der Waals surface area contributed by atoms with E-state index in [9.17, 15) is 4.39 Å². The molecule has 6 heteroatoms. The molecule has 1 aromatic carbocycles. The number of H-pyrrole nitrogens is 1. The Labute approximate surface area is 97.8 Å². The van der Waals surface area contributed by atoms with Crippen LogP contribution < -0.4 is 16.0 Å². The van der Waals surface area contributed by atoms with E-state index in [1.807, 2.05) is 0 Å². The normalized spacial score (nSPS) is 12.4. The maximum Gasteiger partial charge on any atom is 0.165 e. The van der Waals surface area contributed by atoms with Crippen molar-refractivity contribution in [3.63, 3.8) is 0 Å². The molecule has 0 aliphatic carbocycles. The maximum absolute atomic E-state index is 13.6. The minimum atomic E-state index is -0.434. The molecule has 1 unspecified atom stereocenters. The minimum absolute atomic E-state index is 0.198. The molecule has 90 valence electrons. The molecular weight excluding hydrogens is 223 g/mol. The first-order valence-corrected chi connectivity index (χ1v) is 5.05. The number of imidazole rings is 1. The summed E-state index contributed by atoms with van der Waals surface area (Å²) in [4.78, 5) is 7.01. The predicted molar refractivity (Wildman–Crippen MR) is 60.7 cm³/mol. The van der Waals surface area contributed by atoms with E-state index in [0.29, 0.717) is 11.4 Å². The second kappa shape index (κ2) is 4.94. The molecule has 5 nitrogen and oxygen atoms in total. The van der Waals surface area contributed by atoms with Gasteiger partial charge in [-0.05, 0) is 17.7 Å². The number of hydrogen-bond donors (Lipinski definition) is 3. The van der Waals surface area contributed by atoms with Gasteiger partial charge in [-0.2, -0.15) is 0 Å². The van der Waals surface area contributed by atoms with Crippen molar-refractivity contribution in [2.75, 3.05) is 7.11 Å². The molecule has 0 bridgehead atoms. The molecule has 0 amide bonds. The van der Waals surface area contributed by atoms with Gasteiger partial charge in [0.15, 0.2) is 11.6 Å². The van der Waals surface area contributed by atoms with E-state index in [-0.39, 0.29) is 11.8 Å². The molecule has 17 heavy (non-hydrogen) atoms.